The van der Waals surface area contributed by atoms with E-state index in [1.54, 1.807) is 6.20 Å². The number of rotatable bonds is 2. The van der Waals surface area contributed by atoms with Crippen LogP contribution in [-0.4, -0.2) is 35.4 Å². The van der Waals surface area contributed by atoms with Crippen molar-refractivity contribution in [1.29, 1.82) is 0 Å². The molecule has 1 aliphatic rings. The summed E-state index contributed by atoms with van der Waals surface area (Å²) in [6.45, 7) is 0.992. The number of likely N-dealkylation sites (N-methyl/N-ethyl adjacent to an activating group) is 1. The van der Waals surface area contributed by atoms with Crippen molar-refractivity contribution >= 4 is 22.5 Å². The van der Waals surface area contributed by atoms with E-state index in [4.69, 9.17) is 0 Å². The smallest absolute Gasteiger partial charge is 0.241 e. The number of nitrogens with zero attached hydrogens (tertiary/aromatic N) is 2. The number of piperidine rings is 1. The van der Waals surface area contributed by atoms with Crippen molar-refractivity contribution < 1.29 is 4.79 Å². The van der Waals surface area contributed by atoms with Gasteiger partial charge in [-0.05, 0) is 38.6 Å². The highest BCUT2D eigenvalue weighted by molar-refractivity contribution is 6.02. The van der Waals surface area contributed by atoms with Gasteiger partial charge in [0.05, 0.1) is 17.2 Å². The lowest BCUT2D eigenvalue weighted by molar-refractivity contribution is -0.121. The van der Waals surface area contributed by atoms with E-state index in [0.717, 1.165) is 36.0 Å². The first-order chi connectivity index (χ1) is 9.75. The molecule has 20 heavy (non-hydrogen) atoms. The van der Waals surface area contributed by atoms with E-state index in [-0.39, 0.29) is 11.9 Å². The number of carbonyl (C=O) groups is 1. The Morgan fingerprint density at radius 2 is 2.15 bits per heavy atom. The van der Waals surface area contributed by atoms with Crippen LogP contribution in [0.15, 0.2) is 36.5 Å². The summed E-state index contributed by atoms with van der Waals surface area (Å²) < 4.78 is 0. The molecule has 1 amide bonds. The maximum absolute atomic E-state index is 12.4. The molecular weight excluding hydrogens is 250 g/mol. The Hall–Kier alpha value is -1.94. The summed E-state index contributed by atoms with van der Waals surface area (Å²) in [6.07, 6.45) is 4.98. The third-order valence-electron chi connectivity index (χ3n) is 3.96. The Balaban J connectivity index is 1.84. The Labute approximate surface area is 118 Å². The van der Waals surface area contributed by atoms with Gasteiger partial charge in [-0.1, -0.05) is 24.6 Å². The van der Waals surface area contributed by atoms with E-state index in [9.17, 15) is 4.79 Å². The lowest BCUT2D eigenvalue weighted by atomic mass is 10.0. The van der Waals surface area contributed by atoms with Crippen LogP contribution in [0.3, 0.4) is 0 Å². The summed E-state index contributed by atoms with van der Waals surface area (Å²) in [6, 6.07) is 9.75. The van der Waals surface area contributed by atoms with Crippen LogP contribution in [0.2, 0.25) is 0 Å². The first-order valence-corrected chi connectivity index (χ1v) is 7.10. The maximum atomic E-state index is 12.4. The van der Waals surface area contributed by atoms with Crippen LogP contribution in [0.25, 0.3) is 10.9 Å². The topological polar surface area (TPSA) is 45.2 Å². The van der Waals surface area contributed by atoms with Crippen LogP contribution in [0, 0.1) is 0 Å². The second-order valence-electron chi connectivity index (χ2n) is 5.36. The van der Waals surface area contributed by atoms with Gasteiger partial charge < -0.3 is 5.32 Å². The van der Waals surface area contributed by atoms with Crippen LogP contribution < -0.4 is 5.32 Å². The SMILES string of the molecule is CN1CCCCC1C(=O)Nc1cccc2cccnc12. The van der Waals surface area contributed by atoms with Crippen LogP contribution in [0.4, 0.5) is 5.69 Å². The summed E-state index contributed by atoms with van der Waals surface area (Å²) >= 11 is 0. The Morgan fingerprint density at radius 3 is 3.00 bits per heavy atom. The molecule has 1 N–H and O–H groups in total. The number of para-hydroxylation sites is 1. The largest absolute Gasteiger partial charge is 0.323 e. The molecule has 0 saturated carbocycles. The third-order valence-corrected chi connectivity index (χ3v) is 3.96. The van der Waals surface area contributed by atoms with Gasteiger partial charge >= 0.3 is 0 Å². The molecule has 1 atom stereocenters. The highest BCUT2D eigenvalue weighted by Crippen LogP contribution is 2.22. The van der Waals surface area contributed by atoms with Crippen molar-refractivity contribution in [1.82, 2.24) is 9.88 Å². The summed E-state index contributed by atoms with van der Waals surface area (Å²) in [5.41, 5.74) is 1.65. The monoisotopic (exact) mass is 269 g/mol. The first kappa shape index (κ1) is 13.1. The predicted molar refractivity (Wildman–Crippen MR) is 80.6 cm³/mol. The molecule has 1 aromatic carbocycles. The van der Waals surface area contributed by atoms with Crippen molar-refractivity contribution in [3.63, 3.8) is 0 Å². The van der Waals surface area contributed by atoms with Gasteiger partial charge in [-0.2, -0.15) is 0 Å². The second kappa shape index (κ2) is 5.59. The fourth-order valence-electron chi connectivity index (χ4n) is 2.83. The van der Waals surface area contributed by atoms with Gasteiger partial charge in [-0.15, -0.1) is 0 Å². The first-order valence-electron chi connectivity index (χ1n) is 7.10. The van der Waals surface area contributed by atoms with Gasteiger partial charge in [0.25, 0.3) is 0 Å². The fraction of sp³-hybridized carbons (Fsp3) is 0.375. The number of carbonyl (C=O) groups excluding carboxylic acids is 1. The predicted octanol–water partition coefficient (Wildman–Crippen LogP) is 2.66. The van der Waals surface area contributed by atoms with Gasteiger partial charge in [0, 0.05) is 11.6 Å². The Bertz CT molecular complexity index is 621. The molecule has 1 aliphatic heterocycles. The quantitative estimate of drug-likeness (QED) is 0.911. The average molecular weight is 269 g/mol. The molecule has 1 unspecified atom stereocenters. The number of fused-ring (bicyclic) bond motifs is 1. The molecule has 2 aromatic rings. The zero-order valence-corrected chi connectivity index (χ0v) is 11.7. The van der Waals surface area contributed by atoms with Crippen LogP contribution in [0.5, 0.6) is 0 Å². The molecule has 4 nitrogen and oxygen atoms in total. The van der Waals surface area contributed by atoms with Crippen molar-refractivity contribution in [2.75, 3.05) is 18.9 Å². The van der Waals surface area contributed by atoms with Gasteiger partial charge in [0.2, 0.25) is 5.91 Å². The molecule has 3 rings (SSSR count). The van der Waals surface area contributed by atoms with Gasteiger partial charge in [-0.25, -0.2) is 0 Å². The number of nitrogens with one attached hydrogen (secondary N) is 1. The molecule has 0 bridgehead atoms. The van der Waals surface area contributed by atoms with E-state index < -0.39 is 0 Å². The number of anilines is 1. The van der Waals surface area contributed by atoms with Crippen LogP contribution >= 0.6 is 0 Å². The van der Waals surface area contributed by atoms with Crippen LogP contribution in [-0.2, 0) is 4.79 Å². The van der Waals surface area contributed by atoms with Crippen molar-refractivity contribution in [2.24, 2.45) is 0 Å². The van der Waals surface area contributed by atoms with Crippen LogP contribution in [0.1, 0.15) is 19.3 Å². The lowest BCUT2D eigenvalue weighted by Crippen LogP contribution is -2.44. The summed E-state index contributed by atoms with van der Waals surface area (Å²) in [4.78, 5) is 18.9. The Kier molecular flexibility index (Phi) is 3.65. The Morgan fingerprint density at radius 1 is 1.30 bits per heavy atom. The fourth-order valence-corrected chi connectivity index (χ4v) is 2.83. The van der Waals surface area contributed by atoms with E-state index >= 15 is 0 Å². The molecule has 104 valence electrons. The average Bonchev–Trinajstić information content (AvgIpc) is 2.48. The number of amides is 1. The summed E-state index contributed by atoms with van der Waals surface area (Å²) in [5, 5.41) is 4.09. The minimum atomic E-state index is -0.0253. The lowest BCUT2D eigenvalue weighted by Gasteiger charge is -2.31. The highest BCUT2D eigenvalue weighted by Gasteiger charge is 2.26. The summed E-state index contributed by atoms with van der Waals surface area (Å²) in [7, 11) is 2.02. The normalized spacial score (nSPS) is 19.9. The molecule has 4 heteroatoms. The van der Waals surface area contributed by atoms with Gasteiger partial charge in [0.1, 0.15) is 0 Å². The minimum absolute atomic E-state index is 0.0253. The third kappa shape index (κ3) is 2.51. The summed E-state index contributed by atoms with van der Waals surface area (Å²) in [5.74, 6) is 0.0744. The number of benzene rings is 1. The second-order valence-corrected chi connectivity index (χ2v) is 5.36. The molecule has 0 aliphatic carbocycles. The zero-order valence-electron chi connectivity index (χ0n) is 11.7. The molecule has 1 aromatic heterocycles. The maximum Gasteiger partial charge on any atom is 0.241 e. The van der Waals surface area contributed by atoms with Crippen molar-refractivity contribution in [2.45, 2.75) is 25.3 Å². The molecular formula is C16H19N3O. The number of hydrogen-bond acceptors (Lipinski definition) is 3. The standard InChI is InChI=1S/C16H19N3O/c1-19-11-3-2-9-14(19)16(20)18-13-8-4-6-12-7-5-10-17-15(12)13/h4-8,10,14H,2-3,9,11H2,1H3,(H,18,20). The molecule has 1 fully saturated rings. The van der Waals surface area contributed by atoms with E-state index in [2.05, 4.69) is 15.2 Å². The number of pyridine rings is 1. The number of aromatic nitrogens is 1. The van der Waals surface area contributed by atoms with E-state index in [0.29, 0.717) is 0 Å². The van der Waals surface area contributed by atoms with Crippen molar-refractivity contribution in [3.8, 4) is 0 Å². The number of likely N-dealkylation sites (tertiary alicyclic amines) is 1. The van der Waals surface area contributed by atoms with Gasteiger partial charge in [-0.3, -0.25) is 14.7 Å². The van der Waals surface area contributed by atoms with E-state index in [1.807, 2.05) is 37.4 Å². The zero-order chi connectivity index (χ0) is 13.9. The van der Waals surface area contributed by atoms with E-state index in [1.165, 1.54) is 6.42 Å². The molecule has 1 saturated heterocycles. The molecule has 2 heterocycles. The number of hydrogen-bond donors (Lipinski definition) is 1. The van der Waals surface area contributed by atoms with Gasteiger partial charge in [0.15, 0.2) is 0 Å². The molecule has 0 spiro atoms. The highest BCUT2D eigenvalue weighted by atomic mass is 16.2. The van der Waals surface area contributed by atoms with Crippen molar-refractivity contribution in [3.05, 3.63) is 36.5 Å². The molecule has 0 radical (unpaired) electrons. The minimum Gasteiger partial charge on any atom is -0.323 e.